The van der Waals surface area contributed by atoms with Crippen LogP contribution in [0.1, 0.15) is 25.3 Å². The van der Waals surface area contributed by atoms with Gasteiger partial charge in [0.2, 0.25) is 0 Å². The van der Waals surface area contributed by atoms with E-state index in [1.54, 1.807) is 14.2 Å². The summed E-state index contributed by atoms with van der Waals surface area (Å²) in [6.45, 7) is 5.81. The first-order valence-corrected chi connectivity index (χ1v) is 8.31. The molecule has 1 aliphatic rings. The van der Waals surface area contributed by atoms with E-state index < -0.39 is 6.10 Å². The molecule has 0 aromatic heterocycles. The predicted molar refractivity (Wildman–Crippen MR) is 90.0 cm³/mol. The summed E-state index contributed by atoms with van der Waals surface area (Å²) in [5, 5.41) is 10.2. The van der Waals surface area contributed by atoms with Crippen LogP contribution in [0.15, 0.2) is 18.2 Å². The second-order valence-corrected chi connectivity index (χ2v) is 6.35. The molecular formula is C18H29NO4. The van der Waals surface area contributed by atoms with Gasteiger partial charge in [-0.2, -0.15) is 0 Å². The van der Waals surface area contributed by atoms with Crippen LogP contribution < -0.4 is 9.47 Å². The summed E-state index contributed by atoms with van der Waals surface area (Å²) in [5.74, 6) is 2.26. The molecular weight excluding hydrogens is 294 g/mol. The zero-order valence-electron chi connectivity index (χ0n) is 14.5. The highest BCUT2D eigenvalue weighted by Crippen LogP contribution is 2.24. The minimum absolute atomic E-state index is 0.325. The fraction of sp³-hybridized carbons (Fsp3) is 0.667. The van der Waals surface area contributed by atoms with Gasteiger partial charge in [0.15, 0.2) is 0 Å². The lowest BCUT2D eigenvalue weighted by Gasteiger charge is -2.32. The maximum atomic E-state index is 10.2. The molecule has 130 valence electrons. The molecule has 5 heteroatoms. The summed E-state index contributed by atoms with van der Waals surface area (Å²) in [4.78, 5) is 2.33. The fourth-order valence-electron chi connectivity index (χ4n) is 3.10. The largest absolute Gasteiger partial charge is 0.497 e. The molecule has 2 atom stereocenters. The van der Waals surface area contributed by atoms with E-state index >= 15 is 0 Å². The van der Waals surface area contributed by atoms with Crippen LogP contribution in [0.5, 0.6) is 11.5 Å². The van der Waals surface area contributed by atoms with Gasteiger partial charge in [-0.3, -0.25) is 0 Å². The molecule has 1 aromatic carbocycles. The molecule has 2 rings (SSSR count). The Morgan fingerprint density at radius 3 is 2.83 bits per heavy atom. The molecule has 23 heavy (non-hydrogen) atoms. The van der Waals surface area contributed by atoms with Gasteiger partial charge in [-0.1, -0.05) is 6.92 Å². The molecule has 1 N–H and O–H groups in total. The van der Waals surface area contributed by atoms with Crippen LogP contribution in [0.3, 0.4) is 0 Å². The molecule has 0 saturated carbocycles. The maximum absolute atomic E-state index is 10.2. The number of rotatable bonds is 8. The topological polar surface area (TPSA) is 51.2 Å². The van der Waals surface area contributed by atoms with Crippen molar-refractivity contribution in [3.05, 3.63) is 23.8 Å². The van der Waals surface area contributed by atoms with Crippen molar-refractivity contribution in [3.63, 3.8) is 0 Å². The lowest BCUT2D eigenvalue weighted by Crippen LogP contribution is -2.40. The molecule has 1 aliphatic heterocycles. The molecule has 1 aromatic rings. The number of hydrogen-bond donors (Lipinski definition) is 1. The van der Waals surface area contributed by atoms with Crippen molar-refractivity contribution in [2.75, 3.05) is 40.5 Å². The number of likely N-dealkylation sites (tertiary alicyclic amines) is 1. The highest BCUT2D eigenvalue weighted by molar-refractivity contribution is 5.39. The minimum atomic E-state index is -0.461. The number of hydrogen-bond acceptors (Lipinski definition) is 5. The third-order valence-corrected chi connectivity index (χ3v) is 4.27. The third-order valence-electron chi connectivity index (χ3n) is 4.27. The second-order valence-electron chi connectivity index (χ2n) is 6.35. The van der Waals surface area contributed by atoms with Gasteiger partial charge in [-0.25, -0.2) is 0 Å². The Hall–Kier alpha value is -1.30. The van der Waals surface area contributed by atoms with E-state index in [0.717, 1.165) is 36.1 Å². The van der Waals surface area contributed by atoms with Crippen molar-refractivity contribution in [2.45, 2.75) is 32.5 Å². The number of β-amino-alcohol motifs (C(OH)–C–C–N with tert-alkyl or cyclic N) is 1. The van der Waals surface area contributed by atoms with Crippen molar-refractivity contribution in [1.82, 2.24) is 4.90 Å². The standard InChI is InChI=1S/C18H29NO4/c1-14-5-4-8-19(10-14)11-16(20)13-23-12-15-9-17(21-2)6-7-18(15)22-3/h6-7,9,14,16,20H,4-5,8,10-13H2,1-3H3. The van der Waals surface area contributed by atoms with Crippen LogP contribution in [0.4, 0.5) is 0 Å². The fourth-order valence-corrected chi connectivity index (χ4v) is 3.10. The van der Waals surface area contributed by atoms with Gasteiger partial charge < -0.3 is 24.2 Å². The first kappa shape index (κ1) is 18.0. The quantitative estimate of drug-likeness (QED) is 0.796. The molecule has 1 heterocycles. The SMILES string of the molecule is COc1ccc(OC)c(COCC(O)CN2CCCC(C)C2)c1. The molecule has 0 spiro atoms. The van der Waals surface area contributed by atoms with Crippen LogP contribution >= 0.6 is 0 Å². The van der Waals surface area contributed by atoms with Gasteiger partial charge in [-0.05, 0) is 43.5 Å². The van der Waals surface area contributed by atoms with Gasteiger partial charge >= 0.3 is 0 Å². The van der Waals surface area contributed by atoms with Crippen molar-refractivity contribution >= 4 is 0 Å². The van der Waals surface area contributed by atoms with Gasteiger partial charge in [0.25, 0.3) is 0 Å². The normalized spacial score (nSPS) is 20.3. The molecule has 1 saturated heterocycles. The Morgan fingerprint density at radius 1 is 1.30 bits per heavy atom. The maximum Gasteiger partial charge on any atom is 0.124 e. The van der Waals surface area contributed by atoms with Gasteiger partial charge in [0.1, 0.15) is 11.5 Å². The summed E-state index contributed by atoms with van der Waals surface area (Å²) in [5.41, 5.74) is 0.922. The molecule has 2 unspecified atom stereocenters. The van der Waals surface area contributed by atoms with Crippen molar-refractivity contribution in [2.24, 2.45) is 5.92 Å². The number of nitrogens with zero attached hydrogens (tertiary/aromatic N) is 1. The Bertz CT molecular complexity index is 480. The Morgan fingerprint density at radius 2 is 2.13 bits per heavy atom. The Labute approximate surface area is 139 Å². The number of benzene rings is 1. The highest BCUT2D eigenvalue weighted by atomic mass is 16.5. The summed E-state index contributed by atoms with van der Waals surface area (Å²) < 4.78 is 16.2. The van der Waals surface area contributed by atoms with E-state index in [2.05, 4.69) is 11.8 Å². The number of piperidine rings is 1. The van der Waals surface area contributed by atoms with E-state index in [1.807, 2.05) is 18.2 Å². The molecule has 0 bridgehead atoms. The van der Waals surface area contributed by atoms with E-state index in [-0.39, 0.29) is 0 Å². The zero-order valence-corrected chi connectivity index (χ0v) is 14.5. The van der Waals surface area contributed by atoms with E-state index in [0.29, 0.717) is 19.8 Å². The predicted octanol–water partition coefficient (Wildman–Crippen LogP) is 2.31. The lowest BCUT2D eigenvalue weighted by molar-refractivity contribution is 0.00330. The molecule has 1 fully saturated rings. The van der Waals surface area contributed by atoms with Crippen molar-refractivity contribution < 1.29 is 19.3 Å². The molecule has 5 nitrogen and oxygen atoms in total. The number of methoxy groups -OCH3 is 2. The van der Waals surface area contributed by atoms with E-state index in [4.69, 9.17) is 14.2 Å². The zero-order chi connectivity index (χ0) is 16.7. The van der Waals surface area contributed by atoms with Crippen molar-refractivity contribution in [3.8, 4) is 11.5 Å². The van der Waals surface area contributed by atoms with Crippen LogP contribution in [0, 0.1) is 5.92 Å². The summed E-state index contributed by atoms with van der Waals surface area (Å²) >= 11 is 0. The van der Waals surface area contributed by atoms with Crippen LogP contribution in [0.2, 0.25) is 0 Å². The van der Waals surface area contributed by atoms with Crippen LogP contribution in [-0.4, -0.2) is 56.6 Å². The van der Waals surface area contributed by atoms with E-state index in [1.165, 1.54) is 12.8 Å². The molecule has 0 radical (unpaired) electrons. The summed E-state index contributed by atoms with van der Waals surface area (Å²) in [6, 6.07) is 5.62. The Kier molecular flexibility index (Phi) is 7.15. The van der Waals surface area contributed by atoms with E-state index in [9.17, 15) is 5.11 Å². The second kappa shape index (κ2) is 9.11. The average molecular weight is 323 g/mol. The number of ether oxygens (including phenoxy) is 3. The van der Waals surface area contributed by atoms with Gasteiger partial charge in [-0.15, -0.1) is 0 Å². The average Bonchev–Trinajstić information content (AvgIpc) is 2.54. The lowest BCUT2D eigenvalue weighted by atomic mass is 10.0. The summed E-state index contributed by atoms with van der Waals surface area (Å²) in [6.07, 6.45) is 2.05. The third kappa shape index (κ3) is 5.68. The van der Waals surface area contributed by atoms with Crippen molar-refractivity contribution in [1.29, 1.82) is 0 Å². The highest BCUT2D eigenvalue weighted by Gasteiger charge is 2.19. The van der Waals surface area contributed by atoms with Gasteiger partial charge in [0.05, 0.1) is 33.5 Å². The Balaban J connectivity index is 1.77. The minimum Gasteiger partial charge on any atom is -0.497 e. The number of aliphatic hydroxyl groups excluding tert-OH is 1. The van der Waals surface area contributed by atoms with Crippen LogP contribution in [0.25, 0.3) is 0 Å². The first-order chi connectivity index (χ1) is 11.1. The smallest absolute Gasteiger partial charge is 0.124 e. The number of aliphatic hydroxyl groups is 1. The van der Waals surface area contributed by atoms with Crippen LogP contribution in [-0.2, 0) is 11.3 Å². The molecule has 0 aliphatic carbocycles. The summed E-state index contributed by atoms with van der Waals surface area (Å²) in [7, 11) is 3.27. The molecule has 0 amide bonds. The monoisotopic (exact) mass is 323 g/mol. The van der Waals surface area contributed by atoms with Gasteiger partial charge in [0, 0.05) is 18.7 Å². The first-order valence-electron chi connectivity index (χ1n) is 8.31.